The molecular weight excluding hydrogens is 517 g/mol. The second-order valence-corrected chi connectivity index (χ2v) is 11.9. The maximum Gasteiger partial charge on any atom is 0.262 e. The molecule has 0 N–H and O–H groups in total. The predicted molar refractivity (Wildman–Crippen MR) is 173 cm³/mol. The standard InChI is InChI=1S/C33H45N4S2/c1-5-34(6-2)24-16-26-36-28-18-12-14-20-30(28)38-32(36)22-10-9-11-23-33-37(27-17-25-35(7-3)8-4)29-19-13-15-21-31(29)39-33/h9-15,18-23H,5-8,16-17,24-27H2,1-4H3/q+1. The average molecular weight is 562 g/mol. The van der Waals surface area contributed by atoms with Crippen molar-refractivity contribution in [3.05, 3.63) is 82.9 Å². The number of aryl methyl sites for hydroxylation is 1. The number of benzene rings is 2. The third kappa shape index (κ3) is 7.85. The first-order valence-corrected chi connectivity index (χ1v) is 16.3. The molecule has 0 saturated heterocycles. The number of thiazole rings is 1. The summed E-state index contributed by atoms with van der Waals surface area (Å²) < 4.78 is 3.85. The van der Waals surface area contributed by atoms with Crippen LogP contribution in [0.1, 0.15) is 45.5 Å². The molecule has 3 aromatic rings. The van der Waals surface area contributed by atoms with Crippen LogP contribution in [0, 0.1) is 0 Å². The SMILES string of the molecule is CCN(CC)CCCN1/C(=C/C=C/C=C/c2sc3ccccc3[n+]2CCCN(CC)CC)Sc2ccccc21. The highest BCUT2D eigenvalue weighted by Crippen LogP contribution is 2.45. The van der Waals surface area contributed by atoms with Crippen LogP contribution in [0.2, 0.25) is 0 Å². The molecule has 0 radical (unpaired) electrons. The van der Waals surface area contributed by atoms with Crippen molar-refractivity contribution in [1.82, 2.24) is 9.80 Å². The lowest BCUT2D eigenvalue weighted by Crippen LogP contribution is -2.37. The number of hydrogen-bond donors (Lipinski definition) is 0. The number of nitrogens with zero attached hydrogens (tertiary/aromatic N) is 4. The molecule has 2 heterocycles. The van der Waals surface area contributed by atoms with Gasteiger partial charge in [-0.2, -0.15) is 4.57 Å². The number of para-hydroxylation sites is 2. The third-order valence-corrected chi connectivity index (χ3v) is 9.74. The van der Waals surface area contributed by atoms with E-state index in [9.17, 15) is 0 Å². The summed E-state index contributed by atoms with van der Waals surface area (Å²) >= 11 is 3.76. The van der Waals surface area contributed by atoms with Crippen LogP contribution in [0.25, 0.3) is 16.3 Å². The molecule has 0 unspecified atom stereocenters. The number of anilines is 1. The van der Waals surface area contributed by atoms with Crippen LogP contribution >= 0.6 is 23.1 Å². The second-order valence-electron chi connectivity index (χ2n) is 9.79. The minimum absolute atomic E-state index is 1.05. The summed E-state index contributed by atoms with van der Waals surface area (Å²) in [5, 5.41) is 2.63. The number of thioether (sulfide) groups is 1. The fourth-order valence-corrected chi connectivity index (χ4v) is 7.34. The highest BCUT2D eigenvalue weighted by Gasteiger charge is 2.24. The first kappa shape index (κ1) is 29.6. The van der Waals surface area contributed by atoms with Crippen LogP contribution in [-0.2, 0) is 6.54 Å². The fourth-order valence-electron chi connectivity index (χ4n) is 5.14. The van der Waals surface area contributed by atoms with Crippen molar-refractivity contribution in [3.8, 4) is 0 Å². The van der Waals surface area contributed by atoms with E-state index in [1.165, 1.54) is 30.8 Å². The summed E-state index contributed by atoms with van der Waals surface area (Å²) in [6.07, 6.45) is 13.4. The molecule has 0 saturated carbocycles. The Kier molecular flexibility index (Phi) is 11.7. The van der Waals surface area contributed by atoms with E-state index < -0.39 is 0 Å². The zero-order chi connectivity index (χ0) is 27.5. The highest BCUT2D eigenvalue weighted by molar-refractivity contribution is 8.03. The summed E-state index contributed by atoms with van der Waals surface area (Å²) in [4.78, 5) is 8.86. The van der Waals surface area contributed by atoms with E-state index in [1.54, 1.807) is 0 Å². The van der Waals surface area contributed by atoms with Gasteiger partial charge in [-0.3, -0.25) is 0 Å². The zero-order valence-electron chi connectivity index (χ0n) is 24.2. The van der Waals surface area contributed by atoms with Gasteiger partial charge < -0.3 is 14.7 Å². The van der Waals surface area contributed by atoms with Gasteiger partial charge in [0.1, 0.15) is 4.70 Å². The zero-order valence-corrected chi connectivity index (χ0v) is 25.8. The monoisotopic (exact) mass is 561 g/mol. The lowest BCUT2D eigenvalue weighted by Gasteiger charge is -2.23. The van der Waals surface area contributed by atoms with E-state index in [0.29, 0.717) is 0 Å². The van der Waals surface area contributed by atoms with Gasteiger partial charge in [0.2, 0.25) is 5.52 Å². The normalized spacial score (nSPS) is 14.8. The molecule has 1 aliphatic rings. The van der Waals surface area contributed by atoms with Gasteiger partial charge in [0.15, 0.2) is 6.54 Å². The molecule has 0 aliphatic carbocycles. The van der Waals surface area contributed by atoms with Crippen LogP contribution in [0.5, 0.6) is 0 Å². The molecule has 0 bridgehead atoms. The molecule has 0 fully saturated rings. The minimum Gasteiger partial charge on any atom is -0.335 e. The van der Waals surface area contributed by atoms with Gasteiger partial charge in [-0.05, 0) is 63.4 Å². The van der Waals surface area contributed by atoms with Crippen molar-refractivity contribution in [2.45, 2.75) is 52.0 Å². The molecule has 0 spiro atoms. The van der Waals surface area contributed by atoms with E-state index in [-0.39, 0.29) is 0 Å². The van der Waals surface area contributed by atoms with Crippen LogP contribution in [-0.4, -0.2) is 55.6 Å². The summed E-state index contributed by atoms with van der Waals surface area (Å²) in [6.45, 7) is 17.9. The van der Waals surface area contributed by atoms with Gasteiger partial charge >= 0.3 is 0 Å². The Hall–Kier alpha value is -2.38. The number of aromatic nitrogens is 1. The molecule has 1 aliphatic heterocycles. The molecule has 0 atom stereocenters. The molecule has 1 aromatic heterocycles. The third-order valence-electron chi connectivity index (χ3n) is 7.47. The topological polar surface area (TPSA) is 13.6 Å². The summed E-state index contributed by atoms with van der Waals surface area (Å²) in [7, 11) is 0. The minimum atomic E-state index is 1.05. The van der Waals surface area contributed by atoms with E-state index >= 15 is 0 Å². The van der Waals surface area contributed by atoms with E-state index in [0.717, 1.165) is 65.2 Å². The van der Waals surface area contributed by atoms with Crippen LogP contribution in [0.4, 0.5) is 5.69 Å². The number of fused-ring (bicyclic) bond motifs is 2. The van der Waals surface area contributed by atoms with E-state index in [4.69, 9.17) is 0 Å². The van der Waals surface area contributed by atoms with Gasteiger partial charge in [0.25, 0.3) is 5.01 Å². The van der Waals surface area contributed by atoms with Gasteiger partial charge in [0.05, 0.1) is 10.7 Å². The maximum atomic E-state index is 2.51. The Morgan fingerprint density at radius 1 is 0.795 bits per heavy atom. The summed E-state index contributed by atoms with van der Waals surface area (Å²) in [5.74, 6) is 0. The van der Waals surface area contributed by atoms with Gasteiger partial charge in [0, 0.05) is 36.5 Å². The number of hydrogen-bond acceptors (Lipinski definition) is 5. The van der Waals surface area contributed by atoms with Crippen LogP contribution in [0.15, 0.2) is 82.8 Å². The lowest BCUT2D eigenvalue weighted by molar-refractivity contribution is -0.669. The number of allylic oxidation sites excluding steroid dienone is 4. The molecule has 0 amide bonds. The Morgan fingerprint density at radius 2 is 1.49 bits per heavy atom. The summed E-state index contributed by atoms with van der Waals surface area (Å²) in [6, 6.07) is 17.6. The van der Waals surface area contributed by atoms with E-state index in [2.05, 4.69) is 126 Å². The Labute approximate surface area is 244 Å². The highest BCUT2D eigenvalue weighted by atomic mass is 32.2. The average Bonchev–Trinajstić information content (AvgIpc) is 3.50. The molecule has 6 heteroatoms. The van der Waals surface area contributed by atoms with Crippen molar-refractivity contribution >= 4 is 45.1 Å². The maximum absolute atomic E-state index is 2.51. The van der Waals surface area contributed by atoms with Crippen molar-refractivity contribution in [2.75, 3.05) is 50.7 Å². The largest absolute Gasteiger partial charge is 0.335 e. The molecule has 4 rings (SSSR count). The molecule has 39 heavy (non-hydrogen) atoms. The van der Waals surface area contributed by atoms with Crippen LogP contribution < -0.4 is 9.47 Å². The smallest absolute Gasteiger partial charge is 0.262 e. The quantitative estimate of drug-likeness (QED) is 0.139. The lowest BCUT2D eigenvalue weighted by atomic mass is 10.2. The first-order valence-electron chi connectivity index (χ1n) is 14.6. The molecule has 4 nitrogen and oxygen atoms in total. The Morgan fingerprint density at radius 3 is 2.26 bits per heavy atom. The van der Waals surface area contributed by atoms with Crippen molar-refractivity contribution < 1.29 is 4.57 Å². The first-order chi connectivity index (χ1) is 19.2. The molecular formula is C33H45N4S2+. The predicted octanol–water partition coefficient (Wildman–Crippen LogP) is 7.68. The Bertz CT molecular complexity index is 1270. The van der Waals surface area contributed by atoms with Gasteiger partial charge in [-0.15, -0.1) is 0 Å². The fraction of sp³-hybridized carbons (Fsp3) is 0.424. The van der Waals surface area contributed by atoms with Gasteiger partial charge in [-0.25, -0.2) is 0 Å². The van der Waals surface area contributed by atoms with E-state index in [1.807, 2.05) is 23.1 Å². The molecule has 2 aromatic carbocycles. The van der Waals surface area contributed by atoms with Crippen molar-refractivity contribution in [3.63, 3.8) is 0 Å². The van der Waals surface area contributed by atoms with Gasteiger partial charge in [-0.1, -0.05) is 93.3 Å². The number of rotatable bonds is 15. The van der Waals surface area contributed by atoms with Crippen LogP contribution in [0.3, 0.4) is 0 Å². The molecule has 208 valence electrons. The summed E-state index contributed by atoms with van der Waals surface area (Å²) in [5.41, 5.74) is 2.68. The van der Waals surface area contributed by atoms with Crippen molar-refractivity contribution in [2.24, 2.45) is 0 Å². The van der Waals surface area contributed by atoms with Crippen molar-refractivity contribution in [1.29, 1.82) is 0 Å². The second kappa shape index (κ2) is 15.4. The Balaban J connectivity index is 1.44.